The van der Waals surface area contributed by atoms with E-state index >= 15 is 0 Å². The minimum atomic E-state index is -0.114. The number of aromatic nitrogens is 1. The molecule has 2 aromatic heterocycles. The molecule has 0 aliphatic carbocycles. The Kier molecular flexibility index (Phi) is 3.94. The number of rotatable bonds is 5. The van der Waals surface area contributed by atoms with Crippen LogP contribution in [0.15, 0.2) is 35.1 Å². The van der Waals surface area contributed by atoms with Crippen LogP contribution in [0.1, 0.15) is 36.1 Å². The molecule has 0 aliphatic heterocycles. The highest BCUT2D eigenvalue weighted by molar-refractivity contribution is 5.93. The third-order valence-electron chi connectivity index (χ3n) is 2.90. The van der Waals surface area contributed by atoms with Crippen molar-refractivity contribution in [2.24, 2.45) is 0 Å². The molecule has 102 valence electrons. The van der Waals surface area contributed by atoms with E-state index in [0.717, 1.165) is 5.76 Å². The Hall–Kier alpha value is -2.17. The van der Waals surface area contributed by atoms with E-state index in [4.69, 9.17) is 10.2 Å². The highest BCUT2D eigenvalue weighted by atomic mass is 16.3. The predicted octanol–water partition coefficient (Wildman–Crippen LogP) is 2.22. The summed E-state index contributed by atoms with van der Waals surface area (Å²) in [6.07, 6.45) is 4.09. The lowest BCUT2D eigenvalue weighted by Gasteiger charge is -2.12. The minimum absolute atomic E-state index is 0.114. The van der Waals surface area contributed by atoms with Crippen LogP contribution in [0.3, 0.4) is 0 Å². The summed E-state index contributed by atoms with van der Waals surface area (Å²) in [5.74, 6) is 0.746. The molecule has 2 aromatic rings. The highest BCUT2D eigenvalue weighted by Gasteiger charge is 2.14. The van der Waals surface area contributed by atoms with Crippen molar-refractivity contribution in [3.63, 3.8) is 0 Å². The number of hydrogen-bond acceptors (Lipinski definition) is 3. The summed E-state index contributed by atoms with van der Waals surface area (Å²) in [4.78, 5) is 12.1. The van der Waals surface area contributed by atoms with Gasteiger partial charge in [0.05, 0.1) is 12.0 Å². The van der Waals surface area contributed by atoms with Crippen molar-refractivity contribution in [1.82, 2.24) is 9.88 Å². The molecule has 0 spiro atoms. The number of nitrogens with zero attached hydrogens (tertiary/aromatic N) is 1. The molecule has 2 rings (SSSR count). The number of hydrogen-bond donors (Lipinski definition) is 2. The summed E-state index contributed by atoms with van der Waals surface area (Å²) in [6, 6.07) is 5.62. The monoisotopic (exact) mass is 261 g/mol. The molecule has 19 heavy (non-hydrogen) atoms. The number of carbonyl (C=O) groups is 1. The number of anilines is 1. The van der Waals surface area contributed by atoms with Gasteiger partial charge in [-0.1, -0.05) is 0 Å². The van der Waals surface area contributed by atoms with Gasteiger partial charge in [-0.3, -0.25) is 4.79 Å². The molecule has 0 bridgehead atoms. The number of carbonyl (C=O) groups excluding carboxylic acids is 1. The highest BCUT2D eigenvalue weighted by Crippen LogP contribution is 2.16. The van der Waals surface area contributed by atoms with Crippen molar-refractivity contribution in [3.8, 4) is 0 Å². The maximum Gasteiger partial charge on any atom is 0.268 e. The van der Waals surface area contributed by atoms with Crippen LogP contribution in [-0.2, 0) is 6.42 Å². The molecular formula is C14H19N3O2. The molecule has 0 aliphatic rings. The lowest BCUT2D eigenvalue weighted by atomic mass is 10.3. The summed E-state index contributed by atoms with van der Waals surface area (Å²) < 4.78 is 7.08. The van der Waals surface area contributed by atoms with Crippen LogP contribution >= 0.6 is 0 Å². The molecular weight excluding hydrogens is 242 g/mol. The Morgan fingerprint density at radius 1 is 1.53 bits per heavy atom. The van der Waals surface area contributed by atoms with Gasteiger partial charge >= 0.3 is 0 Å². The first-order valence-electron chi connectivity index (χ1n) is 6.36. The van der Waals surface area contributed by atoms with Gasteiger partial charge in [0.2, 0.25) is 0 Å². The smallest absolute Gasteiger partial charge is 0.268 e. The summed E-state index contributed by atoms with van der Waals surface area (Å²) in [5.41, 5.74) is 6.94. The predicted molar refractivity (Wildman–Crippen MR) is 74.0 cm³/mol. The number of nitrogens with one attached hydrogen (secondary N) is 1. The second-order valence-electron chi connectivity index (χ2n) is 4.74. The molecule has 3 N–H and O–H groups in total. The Morgan fingerprint density at radius 2 is 2.32 bits per heavy atom. The van der Waals surface area contributed by atoms with E-state index in [9.17, 15) is 4.79 Å². The standard InChI is InChI=1S/C14H19N3O2/c1-10(2)17-9-11(15)8-13(17)14(18)16-6-5-12-4-3-7-19-12/h3-4,7-10H,5-6,15H2,1-2H3,(H,16,18). The number of furan rings is 1. The molecule has 1 amide bonds. The fourth-order valence-electron chi connectivity index (χ4n) is 1.95. The van der Waals surface area contributed by atoms with Crippen LogP contribution in [0, 0.1) is 0 Å². The second-order valence-corrected chi connectivity index (χ2v) is 4.74. The topological polar surface area (TPSA) is 73.2 Å². The first-order valence-corrected chi connectivity index (χ1v) is 6.36. The lowest BCUT2D eigenvalue weighted by Crippen LogP contribution is -2.28. The van der Waals surface area contributed by atoms with Gasteiger partial charge in [0.25, 0.3) is 5.91 Å². The number of nitrogen functional groups attached to an aromatic ring is 1. The summed E-state index contributed by atoms with van der Waals surface area (Å²) >= 11 is 0. The van der Waals surface area contributed by atoms with E-state index in [1.807, 2.05) is 30.5 Å². The SMILES string of the molecule is CC(C)n1cc(N)cc1C(=O)NCCc1ccco1. The average molecular weight is 261 g/mol. The van der Waals surface area contributed by atoms with Crippen LogP contribution in [0.4, 0.5) is 5.69 Å². The van der Waals surface area contributed by atoms with Gasteiger partial charge in [-0.15, -0.1) is 0 Å². The van der Waals surface area contributed by atoms with Crippen molar-refractivity contribution < 1.29 is 9.21 Å². The largest absolute Gasteiger partial charge is 0.469 e. The average Bonchev–Trinajstić information content (AvgIpc) is 2.98. The maximum absolute atomic E-state index is 12.1. The van der Waals surface area contributed by atoms with Gasteiger partial charge in [0, 0.05) is 25.2 Å². The fraction of sp³-hybridized carbons (Fsp3) is 0.357. The maximum atomic E-state index is 12.1. The first kappa shape index (κ1) is 13.3. The Morgan fingerprint density at radius 3 is 2.95 bits per heavy atom. The summed E-state index contributed by atoms with van der Waals surface area (Å²) in [7, 11) is 0. The Bertz CT molecular complexity index is 541. The van der Waals surface area contributed by atoms with Gasteiger partial charge in [0.15, 0.2) is 0 Å². The van der Waals surface area contributed by atoms with Gasteiger partial charge in [0.1, 0.15) is 11.5 Å². The fourth-order valence-corrected chi connectivity index (χ4v) is 1.95. The molecule has 0 fully saturated rings. The van der Waals surface area contributed by atoms with E-state index in [0.29, 0.717) is 24.3 Å². The third-order valence-corrected chi connectivity index (χ3v) is 2.90. The first-order chi connectivity index (χ1) is 9.08. The van der Waals surface area contributed by atoms with E-state index in [2.05, 4.69) is 5.32 Å². The Labute approximate surface area is 112 Å². The van der Waals surface area contributed by atoms with Crippen molar-refractivity contribution >= 4 is 11.6 Å². The van der Waals surface area contributed by atoms with Crippen LogP contribution in [0.25, 0.3) is 0 Å². The zero-order chi connectivity index (χ0) is 13.8. The molecule has 0 saturated heterocycles. The number of amides is 1. The Balaban J connectivity index is 1.96. The van der Waals surface area contributed by atoms with Crippen molar-refractivity contribution in [2.75, 3.05) is 12.3 Å². The quantitative estimate of drug-likeness (QED) is 0.866. The zero-order valence-corrected chi connectivity index (χ0v) is 11.2. The molecule has 0 atom stereocenters. The van der Waals surface area contributed by atoms with Crippen LogP contribution in [-0.4, -0.2) is 17.0 Å². The van der Waals surface area contributed by atoms with Gasteiger partial charge in [-0.25, -0.2) is 0 Å². The molecule has 0 unspecified atom stereocenters. The van der Waals surface area contributed by atoms with Crippen molar-refractivity contribution in [3.05, 3.63) is 42.1 Å². The van der Waals surface area contributed by atoms with Gasteiger partial charge < -0.3 is 20.0 Å². The third kappa shape index (κ3) is 3.19. The second kappa shape index (κ2) is 5.65. The van der Waals surface area contributed by atoms with Crippen LogP contribution in [0.2, 0.25) is 0 Å². The van der Waals surface area contributed by atoms with E-state index in [-0.39, 0.29) is 11.9 Å². The molecule has 0 radical (unpaired) electrons. The van der Waals surface area contributed by atoms with Crippen LogP contribution < -0.4 is 11.1 Å². The number of nitrogens with two attached hydrogens (primary N) is 1. The van der Waals surface area contributed by atoms with Gasteiger partial charge in [-0.05, 0) is 32.0 Å². The summed E-state index contributed by atoms with van der Waals surface area (Å²) in [5, 5.41) is 2.87. The lowest BCUT2D eigenvalue weighted by molar-refractivity contribution is 0.0943. The zero-order valence-electron chi connectivity index (χ0n) is 11.2. The van der Waals surface area contributed by atoms with E-state index in [1.54, 1.807) is 18.5 Å². The van der Waals surface area contributed by atoms with E-state index < -0.39 is 0 Å². The van der Waals surface area contributed by atoms with Crippen LogP contribution in [0.5, 0.6) is 0 Å². The molecule has 2 heterocycles. The molecule has 0 aromatic carbocycles. The van der Waals surface area contributed by atoms with Gasteiger partial charge in [-0.2, -0.15) is 0 Å². The summed E-state index contributed by atoms with van der Waals surface area (Å²) in [6.45, 7) is 4.56. The van der Waals surface area contributed by atoms with Crippen molar-refractivity contribution in [1.29, 1.82) is 0 Å². The van der Waals surface area contributed by atoms with Crippen molar-refractivity contribution in [2.45, 2.75) is 26.3 Å². The normalized spacial score (nSPS) is 10.9. The minimum Gasteiger partial charge on any atom is -0.469 e. The molecule has 0 saturated carbocycles. The molecule has 5 heteroatoms. The van der Waals surface area contributed by atoms with E-state index in [1.165, 1.54) is 0 Å². The molecule has 5 nitrogen and oxygen atoms in total.